The van der Waals surface area contributed by atoms with Crippen LogP contribution in [-0.2, 0) is 10.0 Å². The molecule has 0 radical (unpaired) electrons. The Balaban J connectivity index is 2.19. The Labute approximate surface area is 114 Å². The molecule has 0 spiro atoms. The van der Waals surface area contributed by atoms with Gasteiger partial charge in [0.15, 0.2) is 0 Å². The van der Waals surface area contributed by atoms with E-state index >= 15 is 0 Å². The summed E-state index contributed by atoms with van der Waals surface area (Å²) in [5.41, 5.74) is 7.02. The van der Waals surface area contributed by atoms with Gasteiger partial charge in [-0.2, -0.15) is 9.40 Å². The first-order valence-corrected chi connectivity index (χ1v) is 8.05. The molecular formula is C12H22N4O2S. The predicted octanol–water partition coefficient (Wildman–Crippen LogP) is 0.774. The zero-order valence-electron chi connectivity index (χ0n) is 11.7. The SMILES string of the molecule is Cc1n[nH]c(C)c1S(=O)(=O)N1CCC(C(C)N)CC1. The van der Waals surface area contributed by atoms with Crippen molar-refractivity contribution in [3.8, 4) is 0 Å². The molecule has 2 rings (SSSR count). The molecule has 0 aliphatic carbocycles. The average molecular weight is 286 g/mol. The summed E-state index contributed by atoms with van der Waals surface area (Å²) >= 11 is 0. The second kappa shape index (κ2) is 5.22. The lowest BCUT2D eigenvalue weighted by Crippen LogP contribution is -2.42. The summed E-state index contributed by atoms with van der Waals surface area (Å²) < 4.78 is 26.8. The van der Waals surface area contributed by atoms with Crippen LogP contribution in [0.2, 0.25) is 0 Å². The number of aromatic amines is 1. The molecule has 0 saturated carbocycles. The van der Waals surface area contributed by atoms with Gasteiger partial charge in [-0.25, -0.2) is 8.42 Å². The van der Waals surface area contributed by atoms with E-state index in [1.807, 2.05) is 6.92 Å². The van der Waals surface area contributed by atoms with Crippen LogP contribution in [0.5, 0.6) is 0 Å². The summed E-state index contributed by atoms with van der Waals surface area (Å²) in [6, 6.07) is 0.127. The highest BCUT2D eigenvalue weighted by molar-refractivity contribution is 7.89. The van der Waals surface area contributed by atoms with Crippen LogP contribution in [0.15, 0.2) is 4.90 Å². The fraction of sp³-hybridized carbons (Fsp3) is 0.750. The number of aromatic nitrogens is 2. The van der Waals surface area contributed by atoms with Crippen molar-refractivity contribution in [2.75, 3.05) is 13.1 Å². The number of H-pyrrole nitrogens is 1. The molecule has 108 valence electrons. The minimum atomic E-state index is -3.43. The molecule has 1 atom stereocenters. The fourth-order valence-electron chi connectivity index (χ4n) is 2.69. The van der Waals surface area contributed by atoms with Gasteiger partial charge < -0.3 is 5.73 Å². The van der Waals surface area contributed by atoms with Crippen LogP contribution in [-0.4, -0.2) is 42.1 Å². The first-order valence-electron chi connectivity index (χ1n) is 6.61. The van der Waals surface area contributed by atoms with Crippen LogP contribution in [0.4, 0.5) is 0 Å². The van der Waals surface area contributed by atoms with Crippen molar-refractivity contribution in [2.24, 2.45) is 11.7 Å². The van der Waals surface area contributed by atoms with Crippen LogP contribution < -0.4 is 5.73 Å². The monoisotopic (exact) mass is 286 g/mol. The van der Waals surface area contributed by atoms with Crippen molar-refractivity contribution >= 4 is 10.0 Å². The van der Waals surface area contributed by atoms with Crippen molar-refractivity contribution in [1.82, 2.24) is 14.5 Å². The van der Waals surface area contributed by atoms with E-state index in [0.717, 1.165) is 12.8 Å². The van der Waals surface area contributed by atoms with Crippen molar-refractivity contribution in [3.05, 3.63) is 11.4 Å². The summed E-state index contributed by atoms with van der Waals surface area (Å²) in [6.45, 7) is 6.52. The lowest BCUT2D eigenvalue weighted by Gasteiger charge is -2.32. The second-order valence-corrected chi connectivity index (χ2v) is 7.24. The van der Waals surface area contributed by atoms with Crippen molar-refractivity contribution in [2.45, 2.75) is 44.6 Å². The van der Waals surface area contributed by atoms with E-state index in [4.69, 9.17) is 5.73 Å². The maximum Gasteiger partial charge on any atom is 0.246 e. The Morgan fingerprint density at radius 2 is 1.95 bits per heavy atom. The molecule has 0 aromatic carbocycles. The zero-order valence-corrected chi connectivity index (χ0v) is 12.5. The van der Waals surface area contributed by atoms with Gasteiger partial charge in [0.2, 0.25) is 10.0 Å². The number of piperidine rings is 1. The largest absolute Gasteiger partial charge is 0.328 e. The standard InChI is InChI=1S/C12H22N4O2S/c1-8(13)11-4-6-16(7-5-11)19(17,18)12-9(2)14-15-10(12)3/h8,11H,4-7,13H2,1-3H3,(H,14,15). The van der Waals surface area contributed by atoms with Gasteiger partial charge in [0, 0.05) is 19.1 Å². The van der Waals surface area contributed by atoms with Crippen LogP contribution in [0.1, 0.15) is 31.2 Å². The van der Waals surface area contributed by atoms with Crippen molar-refractivity contribution < 1.29 is 8.42 Å². The fourth-order valence-corrected chi connectivity index (χ4v) is 4.49. The number of nitrogens with zero attached hydrogens (tertiary/aromatic N) is 2. The lowest BCUT2D eigenvalue weighted by atomic mass is 9.92. The Morgan fingerprint density at radius 3 is 2.37 bits per heavy atom. The maximum atomic E-state index is 12.6. The predicted molar refractivity (Wildman–Crippen MR) is 73.2 cm³/mol. The summed E-state index contributed by atoms with van der Waals surface area (Å²) in [7, 11) is -3.43. The van der Waals surface area contributed by atoms with Gasteiger partial charge in [0.1, 0.15) is 4.90 Å². The quantitative estimate of drug-likeness (QED) is 0.858. The van der Waals surface area contributed by atoms with E-state index in [-0.39, 0.29) is 6.04 Å². The second-order valence-electron chi connectivity index (χ2n) is 5.36. The zero-order chi connectivity index (χ0) is 14.2. The number of nitrogens with one attached hydrogen (secondary N) is 1. The molecule has 1 aliphatic rings. The van der Waals surface area contributed by atoms with Gasteiger partial charge in [-0.3, -0.25) is 5.10 Å². The summed E-state index contributed by atoms with van der Waals surface area (Å²) in [5.74, 6) is 0.415. The van der Waals surface area contributed by atoms with Crippen LogP contribution in [0, 0.1) is 19.8 Å². The van der Waals surface area contributed by atoms with Gasteiger partial charge >= 0.3 is 0 Å². The molecule has 1 saturated heterocycles. The third kappa shape index (κ3) is 2.68. The molecule has 7 heteroatoms. The van der Waals surface area contributed by atoms with E-state index in [9.17, 15) is 8.42 Å². The lowest BCUT2D eigenvalue weighted by molar-refractivity contribution is 0.250. The third-order valence-electron chi connectivity index (χ3n) is 3.90. The van der Waals surface area contributed by atoms with Gasteiger partial charge in [-0.15, -0.1) is 0 Å². The number of sulfonamides is 1. The van der Waals surface area contributed by atoms with Gasteiger partial charge in [-0.1, -0.05) is 0 Å². The number of hydrogen-bond acceptors (Lipinski definition) is 4. The number of hydrogen-bond donors (Lipinski definition) is 2. The molecule has 0 amide bonds. The molecule has 1 aromatic rings. The Hall–Kier alpha value is -0.920. The first-order chi connectivity index (χ1) is 8.84. The topological polar surface area (TPSA) is 92.1 Å². The smallest absolute Gasteiger partial charge is 0.246 e. The Bertz CT molecular complexity index is 523. The normalized spacial score (nSPS) is 20.6. The molecule has 1 unspecified atom stereocenters. The van der Waals surface area contributed by atoms with Crippen molar-refractivity contribution in [1.29, 1.82) is 0 Å². The van der Waals surface area contributed by atoms with Crippen LogP contribution in [0.25, 0.3) is 0 Å². The molecule has 2 heterocycles. The first kappa shape index (κ1) is 14.5. The number of nitrogens with two attached hydrogens (primary N) is 1. The van der Waals surface area contributed by atoms with Crippen LogP contribution >= 0.6 is 0 Å². The van der Waals surface area contributed by atoms with E-state index in [1.54, 1.807) is 18.2 Å². The highest BCUT2D eigenvalue weighted by Gasteiger charge is 2.33. The minimum Gasteiger partial charge on any atom is -0.328 e. The molecule has 1 aromatic heterocycles. The highest BCUT2D eigenvalue weighted by atomic mass is 32.2. The molecular weight excluding hydrogens is 264 g/mol. The molecule has 1 fully saturated rings. The summed E-state index contributed by atoms with van der Waals surface area (Å²) in [5, 5.41) is 6.70. The minimum absolute atomic E-state index is 0.127. The van der Waals surface area contributed by atoms with E-state index in [2.05, 4.69) is 10.2 Å². The average Bonchev–Trinajstić information content (AvgIpc) is 2.69. The van der Waals surface area contributed by atoms with Gasteiger partial charge in [0.25, 0.3) is 0 Å². The summed E-state index contributed by atoms with van der Waals surface area (Å²) in [6.07, 6.45) is 1.65. The molecule has 6 nitrogen and oxygen atoms in total. The van der Waals surface area contributed by atoms with Crippen molar-refractivity contribution in [3.63, 3.8) is 0 Å². The van der Waals surface area contributed by atoms with Gasteiger partial charge in [-0.05, 0) is 39.5 Å². The Kier molecular flexibility index (Phi) is 3.98. The molecule has 1 aliphatic heterocycles. The molecule has 19 heavy (non-hydrogen) atoms. The summed E-state index contributed by atoms with van der Waals surface area (Å²) in [4.78, 5) is 0.326. The van der Waals surface area contributed by atoms with Crippen LogP contribution in [0.3, 0.4) is 0 Å². The third-order valence-corrected chi connectivity index (χ3v) is 6.06. The van der Waals surface area contributed by atoms with Gasteiger partial charge in [0.05, 0.1) is 11.4 Å². The number of aryl methyl sites for hydroxylation is 2. The number of rotatable bonds is 3. The molecule has 0 bridgehead atoms. The molecule has 3 N–H and O–H groups in total. The highest BCUT2D eigenvalue weighted by Crippen LogP contribution is 2.27. The van der Waals surface area contributed by atoms with E-state index < -0.39 is 10.0 Å². The van der Waals surface area contributed by atoms with E-state index in [1.165, 1.54) is 0 Å². The maximum absolute atomic E-state index is 12.6. The van der Waals surface area contributed by atoms with E-state index in [0.29, 0.717) is 35.3 Å². The Morgan fingerprint density at radius 1 is 1.37 bits per heavy atom.